The summed E-state index contributed by atoms with van der Waals surface area (Å²) in [7, 11) is 1.80. The highest BCUT2D eigenvalue weighted by Crippen LogP contribution is 2.18. The van der Waals surface area contributed by atoms with Gasteiger partial charge in [-0.05, 0) is 45.2 Å². The maximum atomic E-state index is 12.1. The minimum atomic E-state index is -0.0925. The molecule has 1 aromatic carbocycles. The third kappa shape index (κ3) is 5.83. The Morgan fingerprint density at radius 3 is 2.93 bits per heavy atom. The number of hydrogen-bond acceptors (Lipinski definition) is 4. The Morgan fingerprint density at radius 2 is 2.17 bits per heavy atom. The average Bonchev–Trinajstić information content (AvgIpc) is 3.03. The highest BCUT2D eigenvalue weighted by Gasteiger charge is 2.28. The van der Waals surface area contributed by atoms with E-state index in [-0.39, 0.29) is 35.9 Å². The first-order chi connectivity index (χ1) is 13.6. The summed E-state index contributed by atoms with van der Waals surface area (Å²) in [6.45, 7) is 7.65. The molecule has 1 atom stereocenters. The number of rotatable bonds is 6. The van der Waals surface area contributed by atoms with Gasteiger partial charge in [0.15, 0.2) is 5.96 Å². The molecule has 2 aromatic rings. The van der Waals surface area contributed by atoms with E-state index in [0.29, 0.717) is 13.2 Å². The number of aromatic nitrogens is 2. The zero-order valence-electron chi connectivity index (χ0n) is 17.6. The van der Waals surface area contributed by atoms with Crippen LogP contribution in [0.4, 0.5) is 0 Å². The van der Waals surface area contributed by atoms with Crippen molar-refractivity contribution >= 4 is 46.9 Å². The highest BCUT2D eigenvalue weighted by molar-refractivity contribution is 14.0. The average molecular weight is 513 g/mol. The minimum absolute atomic E-state index is 0. The molecule has 0 amide bonds. The smallest absolute Gasteiger partial charge is 0.310 e. The largest absolute Gasteiger partial charge is 0.466 e. The number of ether oxygens (including phenoxy) is 1. The second kappa shape index (κ2) is 11.4. The summed E-state index contributed by atoms with van der Waals surface area (Å²) < 4.78 is 7.46. The fourth-order valence-electron chi connectivity index (χ4n) is 3.87. The van der Waals surface area contributed by atoms with Crippen molar-refractivity contribution in [3.05, 3.63) is 30.1 Å². The predicted octanol–water partition coefficient (Wildman–Crippen LogP) is 3.20. The molecule has 2 heterocycles. The topological polar surface area (TPSA) is 71.8 Å². The number of likely N-dealkylation sites (tertiary alicyclic amines) is 1. The van der Waals surface area contributed by atoms with E-state index in [1.807, 2.05) is 13.0 Å². The van der Waals surface area contributed by atoms with Crippen molar-refractivity contribution in [2.24, 2.45) is 10.9 Å². The molecule has 1 aromatic heterocycles. The number of benzene rings is 1. The number of para-hydroxylation sites is 2. The number of piperidine rings is 1. The Kier molecular flexibility index (Phi) is 9.19. The van der Waals surface area contributed by atoms with Gasteiger partial charge in [-0.2, -0.15) is 0 Å². The molecule has 0 bridgehead atoms. The number of aliphatic imine (C=N–C) groups is 1. The lowest BCUT2D eigenvalue weighted by atomic mass is 9.98. The number of halogens is 1. The molecule has 0 spiro atoms. The summed E-state index contributed by atoms with van der Waals surface area (Å²) in [5.74, 6) is 1.75. The molecule has 0 aliphatic carbocycles. The highest BCUT2D eigenvalue weighted by atomic mass is 127. The molecule has 29 heavy (non-hydrogen) atoms. The van der Waals surface area contributed by atoms with Gasteiger partial charge in [0.25, 0.3) is 0 Å². The Bertz CT molecular complexity index is 836. The van der Waals surface area contributed by atoms with Crippen molar-refractivity contribution in [1.29, 1.82) is 0 Å². The number of carbonyl (C=O) groups is 1. The summed E-state index contributed by atoms with van der Waals surface area (Å²) in [5, 5.41) is 3.45. The number of nitrogens with zero attached hydrogens (tertiary/aromatic N) is 4. The fraction of sp³-hybridized carbons (Fsp3) is 0.571. The van der Waals surface area contributed by atoms with Crippen LogP contribution in [-0.2, 0) is 16.1 Å². The van der Waals surface area contributed by atoms with Gasteiger partial charge < -0.3 is 19.5 Å². The van der Waals surface area contributed by atoms with Gasteiger partial charge in [0, 0.05) is 33.2 Å². The summed E-state index contributed by atoms with van der Waals surface area (Å²) in [6.07, 6.45) is 2.83. The van der Waals surface area contributed by atoms with Crippen LogP contribution in [0, 0.1) is 12.8 Å². The Hall–Kier alpha value is -1.84. The molecule has 1 aliphatic heterocycles. The van der Waals surface area contributed by atoms with Crippen molar-refractivity contribution in [1.82, 2.24) is 19.8 Å². The zero-order valence-corrected chi connectivity index (χ0v) is 19.9. The number of imidazole rings is 1. The molecule has 1 saturated heterocycles. The van der Waals surface area contributed by atoms with E-state index in [1.54, 1.807) is 7.05 Å². The SMILES string of the molecule is CCOC(=O)C1CCCN(C(=NC)NCCCn2c(C)nc3ccccc32)C1.I. The first-order valence-corrected chi connectivity index (χ1v) is 10.2. The van der Waals surface area contributed by atoms with Crippen LogP contribution in [0.1, 0.15) is 32.0 Å². The number of carbonyl (C=O) groups excluding carboxylic acids is 1. The minimum Gasteiger partial charge on any atom is -0.466 e. The molecule has 7 nitrogen and oxygen atoms in total. The summed E-state index contributed by atoms with van der Waals surface area (Å²) in [5.41, 5.74) is 2.22. The Labute approximate surface area is 189 Å². The second-order valence-electron chi connectivity index (χ2n) is 7.16. The van der Waals surface area contributed by atoms with E-state index in [9.17, 15) is 4.79 Å². The molecule has 160 valence electrons. The van der Waals surface area contributed by atoms with E-state index in [1.165, 1.54) is 5.52 Å². The predicted molar refractivity (Wildman–Crippen MR) is 127 cm³/mol. The molecule has 0 radical (unpaired) electrons. The maximum absolute atomic E-state index is 12.1. The number of esters is 1. The number of hydrogen-bond donors (Lipinski definition) is 1. The Morgan fingerprint density at radius 1 is 1.38 bits per heavy atom. The van der Waals surface area contributed by atoms with Crippen molar-refractivity contribution < 1.29 is 9.53 Å². The summed E-state index contributed by atoms with van der Waals surface area (Å²) >= 11 is 0. The summed E-state index contributed by atoms with van der Waals surface area (Å²) in [4.78, 5) is 23.3. The molecule has 0 saturated carbocycles. The number of nitrogens with one attached hydrogen (secondary N) is 1. The van der Waals surface area contributed by atoms with E-state index in [2.05, 4.69) is 49.9 Å². The third-order valence-electron chi connectivity index (χ3n) is 5.24. The van der Waals surface area contributed by atoms with Gasteiger partial charge in [-0.25, -0.2) is 4.98 Å². The molecule has 1 N–H and O–H groups in total. The van der Waals surface area contributed by atoms with Crippen molar-refractivity contribution in [2.45, 2.75) is 39.7 Å². The monoisotopic (exact) mass is 513 g/mol. The van der Waals surface area contributed by atoms with Gasteiger partial charge >= 0.3 is 5.97 Å². The van der Waals surface area contributed by atoms with E-state index in [0.717, 1.165) is 56.2 Å². The van der Waals surface area contributed by atoms with Crippen LogP contribution in [0.3, 0.4) is 0 Å². The van der Waals surface area contributed by atoms with E-state index < -0.39 is 0 Å². The Balaban J connectivity index is 0.00000300. The van der Waals surface area contributed by atoms with Crippen LogP contribution < -0.4 is 5.32 Å². The van der Waals surface area contributed by atoms with Crippen LogP contribution in [0.15, 0.2) is 29.3 Å². The lowest BCUT2D eigenvalue weighted by Gasteiger charge is -2.34. The number of fused-ring (bicyclic) bond motifs is 1. The molecular weight excluding hydrogens is 481 g/mol. The second-order valence-corrected chi connectivity index (χ2v) is 7.16. The molecule has 1 unspecified atom stereocenters. The van der Waals surface area contributed by atoms with Crippen LogP contribution in [-0.4, -0.2) is 59.7 Å². The first kappa shape index (κ1) is 23.4. The van der Waals surface area contributed by atoms with Gasteiger partial charge in [-0.1, -0.05) is 12.1 Å². The van der Waals surface area contributed by atoms with Crippen LogP contribution in [0.25, 0.3) is 11.0 Å². The fourth-order valence-corrected chi connectivity index (χ4v) is 3.87. The van der Waals surface area contributed by atoms with E-state index >= 15 is 0 Å². The lowest BCUT2D eigenvalue weighted by molar-refractivity contribution is -0.149. The lowest BCUT2D eigenvalue weighted by Crippen LogP contribution is -2.48. The van der Waals surface area contributed by atoms with Gasteiger partial charge in [0.05, 0.1) is 23.6 Å². The quantitative estimate of drug-likeness (QED) is 0.211. The van der Waals surface area contributed by atoms with Crippen molar-refractivity contribution in [3.8, 4) is 0 Å². The molecular formula is C21H32IN5O2. The number of guanidine groups is 1. The van der Waals surface area contributed by atoms with E-state index in [4.69, 9.17) is 4.74 Å². The van der Waals surface area contributed by atoms with Crippen molar-refractivity contribution in [3.63, 3.8) is 0 Å². The van der Waals surface area contributed by atoms with Gasteiger partial charge in [0.1, 0.15) is 5.82 Å². The molecule has 1 aliphatic rings. The van der Waals surface area contributed by atoms with Gasteiger partial charge in [-0.15, -0.1) is 24.0 Å². The first-order valence-electron chi connectivity index (χ1n) is 10.2. The maximum Gasteiger partial charge on any atom is 0.310 e. The van der Waals surface area contributed by atoms with Gasteiger partial charge in [-0.3, -0.25) is 9.79 Å². The van der Waals surface area contributed by atoms with Crippen LogP contribution in [0.2, 0.25) is 0 Å². The standard InChI is InChI=1S/C21H31N5O2.HI/c1-4-28-20(27)17-9-7-13-25(15-17)21(22-3)23-12-8-14-26-16(2)24-18-10-5-6-11-19(18)26;/h5-6,10-11,17H,4,7-9,12-15H2,1-3H3,(H,22,23);1H. The summed E-state index contributed by atoms with van der Waals surface area (Å²) in [6, 6.07) is 8.24. The third-order valence-corrected chi connectivity index (χ3v) is 5.24. The number of aryl methyl sites for hydroxylation is 2. The van der Waals surface area contributed by atoms with Gasteiger partial charge in [0.2, 0.25) is 0 Å². The van der Waals surface area contributed by atoms with Crippen molar-refractivity contribution in [2.75, 3.05) is 33.3 Å². The molecule has 1 fully saturated rings. The van der Waals surface area contributed by atoms with Crippen LogP contribution in [0.5, 0.6) is 0 Å². The molecule has 8 heteroatoms. The van der Waals surface area contributed by atoms with Crippen LogP contribution >= 0.6 is 24.0 Å². The zero-order chi connectivity index (χ0) is 19.9. The normalized spacial score (nSPS) is 17.1. The molecule has 3 rings (SSSR count).